The van der Waals surface area contributed by atoms with Crippen LogP contribution in [-0.2, 0) is 4.74 Å². The topological polar surface area (TPSA) is 44.7 Å². The minimum absolute atomic E-state index is 0.00605. The van der Waals surface area contributed by atoms with Gasteiger partial charge < -0.3 is 15.2 Å². The highest BCUT2D eigenvalue weighted by atomic mass is 16.5. The average molecular weight is 284 g/mol. The SMILES string of the molecule is CCCC(C)(CNC1CC1)CN1CC(CO)OCC1C. The molecule has 0 radical (unpaired) electrons. The van der Waals surface area contributed by atoms with E-state index in [0.29, 0.717) is 11.5 Å². The van der Waals surface area contributed by atoms with Gasteiger partial charge >= 0.3 is 0 Å². The zero-order valence-corrected chi connectivity index (χ0v) is 13.4. The number of hydrogen-bond donors (Lipinski definition) is 2. The van der Waals surface area contributed by atoms with Crippen LogP contribution in [-0.4, -0.2) is 61.0 Å². The minimum Gasteiger partial charge on any atom is -0.394 e. The second-order valence-electron chi connectivity index (χ2n) is 7.13. The molecule has 0 aromatic carbocycles. The molecule has 1 aliphatic carbocycles. The molecule has 20 heavy (non-hydrogen) atoms. The molecule has 1 saturated heterocycles. The Hall–Kier alpha value is -0.160. The molecule has 2 aliphatic rings. The van der Waals surface area contributed by atoms with Crippen molar-refractivity contribution in [3.05, 3.63) is 0 Å². The van der Waals surface area contributed by atoms with Crippen LogP contribution in [0.1, 0.15) is 46.5 Å². The summed E-state index contributed by atoms with van der Waals surface area (Å²) in [5.41, 5.74) is 0.322. The summed E-state index contributed by atoms with van der Waals surface area (Å²) in [5, 5.41) is 13.0. The maximum Gasteiger partial charge on any atom is 0.0933 e. The van der Waals surface area contributed by atoms with E-state index in [9.17, 15) is 5.11 Å². The Morgan fingerprint density at radius 3 is 2.75 bits per heavy atom. The molecule has 0 spiro atoms. The third-order valence-corrected chi connectivity index (χ3v) is 4.67. The maximum absolute atomic E-state index is 9.32. The fourth-order valence-electron chi connectivity index (χ4n) is 3.20. The first-order valence-corrected chi connectivity index (χ1v) is 8.26. The Bertz CT molecular complexity index is 296. The van der Waals surface area contributed by atoms with Gasteiger partial charge in [-0.3, -0.25) is 4.90 Å². The van der Waals surface area contributed by atoms with E-state index in [0.717, 1.165) is 32.3 Å². The van der Waals surface area contributed by atoms with E-state index in [1.807, 2.05) is 0 Å². The molecule has 0 aromatic rings. The van der Waals surface area contributed by atoms with Gasteiger partial charge in [-0.05, 0) is 31.6 Å². The van der Waals surface area contributed by atoms with Crippen molar-refractivity contribution in [1.82, 2.24) is 10.2 Å². The van der Waals surface area contributed by atoms with Crippen molar-refractivity contribution in [3.8, 4) is 0 Å². The molecule has 0 amide bonds. The molecule has 1 heterocycles. The van der Waals surface area contributed by atoms with Crippen LogP contribution in [0, 0.1) is 5.41 Å². The largest absolute Gasteiger partial charge is 0.394 e. The fourth-order valence-corrected chi connectivity index (χ4v) is 3.20. The summed E-state index contributed by atoms with van der Waals surface area (Å²) in [6.07, 6.45) is 5.17. The molecule has 2 rings (SSSR count). The molecule has 1 aliphatic heterocycles. The number of ether oxygens (including phenoxy) is 1. The summed E-state index contributed by atoms with van der Waals surface area (Å²) in [6, 6.07) is 1.23. The highest BCUT2D eigenvalue weighted by molar-refractivity contribution is 4.89. The van der Waals surface area contributed by atoms with Gasteiger partial charge in [0.2, 0.25) is 0 Å². The van der Waals surface area contributed by atoms with Crippen LogP contribution >= 0.6 is 0 Å². The quantitative estimate of drug-likeness (QED) is 0.711. The van der Waals surface area contributed by atoms with Crippen LogP contribution in [0.15, 0.2) is 0 Å². The number of rotatable bonds is 8. The lowest BCUT2D eigenvalue weighted by Gasteiger charge is -2.43. The second kappa shape index (κ2) is 7.21. The highest BCUT2D eigenvalue weighted by Crippen LogP contribution is 2.28. The van der Waals surface area contributed by atoms with E-state index in [2.05, 4.69) is 31.0 Å². The average Bonchev–Trinajstić information content (AvgIpc) is 3.24. The molecule has 1 saturated carbocycles. The summed E-state index contributed by atoms with van der Waals surface area (Å²) >= 11 is 0. The van der Waals surface area contributed by atoms with Gasteiger partial charge in [-0.25, -0.2) is 0 Å². The maximum atomic E-state index is 9.32. The van der Waals surface area contributed by atoms with Gasteiger partial charge in [0.25, 0.3) is 0 Å². The molecule has 0 bridgehead atoms. The van der Waals surface area contributed by atoms with E-state index in [4.69, 9.17) is 4.74 Å². The molecule has 4 nitrogen and oxygen atoms in total. The van der Waals surface area contributed by atoms with Crippen molar-refractivity contribution in [2.45, 2.75) is 64.6 Å². The summed E-state index contributed by atoms with van der Waals surface area (Å²) in [4.78, 5) is 2.51. The molecular formula is C16H32N2O2. The normalized spacial score (nSPS) is 31.2. The lowest BCUT2D eigenvalue weighted by Crippen LogP contribution is -2.54. The number of nitrogens with one attached hydrogen (secondary N) is 1. The van der Waals surface area contributed by atoms with Crippen molar-refractivity contribution >= 4 is 0 Å². The molecule has 3 unspecified atom stereocenters. The van der Waals surface area contributed by atoms with Gasteiger partial charge in [-0.2, -0.15) is 0 Å². The molecular weight excluding hydrogens is 252 g/mol. The summed E-state index contributed by atoms with van der Waals surface area (Å²) < 4.78 is 5.64. The van der Waals surface area contributed by atoms with Crippen molar-refractivity contribution in [1.29, 1.82) is 0 Å². The van der Waals surface area contributed by atoms with E-state index < -0.39 is 0 Å². The summed E-state index contributed by atoms with van der Waals surface area (Å²) in [7, 11) is 0. The van der Waals surface area contributed by atoms with Gasteiger partial charge in [0.05, 0.1) is 19.3 Å². The van der Waals surface area contributed by atoms with Crippen molar-refractivity contribution < 1.29 is 9.84 Å². The lowest BCUT2D eigenvalue weighted by molar-refractivity contribution is -0.0875. The number of aliphatic hydroxyl groups is 1. The predicted octanol–water partition coefficient (Wildman–Crippen LogP) is 1.63. The molecule has 118 valence electrons. The minimum atomic E-state index is -0.00605. The number of hydrogen-bond acceptors (Lipinski definition) is 4. The molecule has 2 fully saturated rings. The van der Waals surface area contributed by atoms with E-state index in [1.165, 1.54) is 25.7 Å². The molecule has 0 aromatic heterocycles. The highest BCUT2D eigenvalue weighted by Gasteiger charge is 2.34. The third kappa shape index (κ3) is 4.69. The van der Waals surface area contributed by atoms with Crippen molar-refractivity contribution in [3.63, 3.8) is 0 Å². The Labute approximate surface area is 123 Å². The molecule has 3 atom stereocenters. The van der Waals surface area contributed by atoms with Crippen LogP contribution in [0.2, 0.25) is 0 Å². The summed E-state index contributed by atoms with van der Waals surface area (Å²) in [6.45, 7) is 10.9. The second-order valence-corrected chi connectivity index (χ2v) is 7.13. The first-order valence-electron chi connectivity index (χ1n) is 8.26. The van der Waals surface area contributed by atoms with Crippen LogP contribution in [0.4, 0.5) is 0 Å². The Morgan fingerprint density at radius 1 is 1.40 bits per heavy atom. The zero-order valence-electron chi connectivity index (χ0n) is 13.4. The number of morpholine rings is 1. The van der Waals surface area contributed by atoms with Crippen LogP contribution in [0.3, 0.4) is 0 Å². The zero-order chi connectivity index (χ0) is 14.6. The van der Waals surface area contributed by atoms with E-state index in [1.54, 1.807) is 0 Å². The van der Waals surface area contributed by atoms with Crippen LogP contribution in [0.25, 0.3) is 0 Å². The Kier molecular flexibility index (Phi) is 5.84. The monoisotopic (exact) mass is 284 g/mol. The smallest absolute Gasteiger partial charge is 0.0933 e. The van der Waals surface area contributed by atoms with E-state index in [-0.39, 0.29) is 12.7 Å². The fraction of sp³-hybridized carbons (Fsp3) is 1.00. The first-order chi connectivity index (χ1) is 9.56. The van der Waals surface area contributed by atoms with Gasteiger partial charge in [0.15, 0.2) is 0 Å². The Balaban J connectivity index is 1.90. The Morgan fingerprint density at radius 2 is 2.15 bits per heavy atom. The van der Waals surface area contributed by atoms with Crippen molar-refractivity contribution in [2.75, 3.05) is 32.8 Å². The molecule has 2 N–H and O–H groups in total. The standard InChI is InChI=1S/C16H32N2O2/c1-4-7-16(3,11-17-14-5-6-14)12-18-8-15(9-19)20-10-13(18)2/h13-15,17,19H,4-12H2,1-3H3. The molecule has 4 heteroatoms. The van der Waals surface area contributed by atoms with Gasteiger partial charge in [-0.1, -0.05) is 20.3 Å². The summed E-state index contributed by atoms with van der Waals surface area (Å²) in [5.74, 6) is 0. The van der Waals surface area contributed by atoms with Gasteiger partial charge in [-0.15, -0.1) is 0 Å². The van der Waals surface area contributed by atoms with Crippen LogP contribution in [0.5, 0.6) is 0 Å². The number of aliphatic hydroxyl groups excluding tert-OH is 1. The van der Waals surface area contributed by atoms with Gasteiger partial charge in [0.1, 0.15) is 0 Å². The van der Waals surface area contributed by atoms with Crippen LogP contribution < -0.4 is 5.32 Å². The van der Waals surface area contributed by atoms with Crippen molar-refractivity contribution in [2.24, 2.45) is 5.41 Å². The van der Waals surface area contributed by atoms with E-state index >= 15 is 0 Å². The number of nitrogens with zero attached hydrogens (tertiary/aromatic N) is 1. The first kappa shape index (κ1) is 16.2. The lowest BCUT2D eigenvalue weighted by atomic mass is 9.84. The van der Waals surface area contributed by atoms with Gasteiger partial charge in [0, 0.05) is 31.7 Å². The predicted molar refractivity (Wildman–Crippen MR) is 81.9 cm³/mol. The third-order valence-electron chi connectivity index (χ3n) is 4.67.